The molecular formula is C22H20N2O5. The van der Waals surface area contributed by atoms with Crippen molar-refractivity contribution in [3.8, 4) is 0 Å². The summed E-state index contributed by atoms with van der Waals surface area (Å²) in [5.41, 5.74) is 2.85. The summed E-state index contributed by atoms with van der Waals surface area (Å²) < 4.78 is 0. The van der Waals surface area contributed by atoms with Crippen LogP contribution < -0.4 is 4.90 Å². The molecule has 0 unspecified atom stereocenters. The third kappa shape index (κ3) is 2.99. The van der Waals surface area contributed by atoms with Crippen molar-refractivity contribution < 1.29 is 24.3 Å². The molecule has 0 bridgehead atoms. The third-order valence-corrected chi connectivity index (χ3v) is 5.54. The fourth-order valence-corrected chi connectivity index (χ4v) is 3.99. The summed E-state index contributed by atoms with van der Waals surface area (Å²) in [6, 6.07) is 9.03. The van der Waals surface area contributed by atoms with Crippen molar-refractivity contribution in [2.75, 3.05) is 11.4 Å². The van der Waals surface area contributed by atoms with E-state index in [1.165, 1.54) is 23.1 Å². The monoisotopic (exact) mass is 392 g/mol. The Morgan fingerprint density at radius 1 is 1.00 bits per heavy atom. The molecule has 0 radical (unpaired) electrons. The minimum atomic E-state index is -1.04. The average Bonchev–Trinajstić information content (AvgIpc) is 3.27. The highest BCUT2D eigenvalue weighted by molar-refractivity contribution is 6.35. The van der Waals surface area contributed by atoms with Gasteiger partial charge in [-0.2, -0.15) is 0 Å². The van der Waals surface area contributed by atoms with Crippen LogP contribution in [0.3, 0.4) is 0 Å². The van der Waals surface area contributed by atoms with Gasteiger partial charge in [-0.3, -0.25) is 14.4 Å². The van der Waals surface area contributed by atoms with Gasteiger partial charge in [-0.15, -0.1) is 0 Å². The number of nitrogens with zero attached hydrogens (tertiary/aromatic N) is 2. The second-order valence-corrected chi connectivity index (χ2v) is 7.49. The van der Waals surface area contributed by atoms with E-state index in [9.17, 15) is 24.3 Å². The summed E-state index contributed by atoms with van der Waals surface area (Å²) >= 11 is 0. The maximum Gasteiger partial charge on any atom is 0.326 e. The normalized spacial score (nSPS) is 18.3. The molecule has 3 amide bonds. The van der Waals surface area contributed by atoms with Gasteiger partial charge in [0.1, 0.15) is 6.04 Å². The number of amides is 3. The van der Waals surface area contributed by atoms with Gasteiger partial charge in [0.05, 0.1) is 16.8 Å². The lowest BCUT2D eigenvalue weighted by Crippen LogP contribution is -2.40. The van der Waals surface area contributed by atoms with E-state index in [0.717, 1.165) is 16.0 Å². The third-order valence-electron chi connectivity index (χ3n) is 5.54. The molecule has 4 rings (SSSR count). The van der Waals surface area contributed by atoms with Gasteiger partial charge in [0.2, 0.25) is 0 Å². The first-order chi connectivity index (χ1) is 13.8. The average molecular weight is 392 g/mol. The Bertz CT molecular complexity index is 1070. The summed E-state index contributed by atoms with van der Waals surface area (Å²) in [4.78, 5) is 52.6. The second-order valence-electron chi connectivity index (χ2n) is 7.49. The number of hydrogen-bond donors (Lipinski definition) is 1. The lowest BCUT2D eigenvalue weighted by Gasteiger charge is -2.21. The molecule has 1 atom stereocenters. The molecule has 2 aliphatic heterocycles. The van der Waals surface area contributed by atoms with Crippen molar-refractivity contribution in [3.05, 3.63) is 64.2 Å². The molecule has 0 aromatic heterocycles. The fraction of sp³-hybridized carbons (Fsp3) is 0.273. The Labute approximate surface area is 167 Å². The van der Waals surface area contributed by atoms with Crippen molar-refractivity contribution in [2.45, 2.75) is 32.7 Å². The van der Waals surface area contributed by atoms with Crippen LogP contribution in [-0.4, -0.2) is 46.3 Å². The lowest BCUT2D eigenvalue weighted by molar-refractivity contribution is -0.141. The standard InChI is InChI=1S/C22H20N2O5/c1-12-5-6-13(2)18(10-12)24-20(26)15-8-7-14(11-16(15)21(24)27)19(25)23-9-3-4-17(23)22(28)29/h5-8,10-11,17H,3-4,9H2,1-2H3,(H,28,29)/t17-/m1/s1. The van der Waals surface area contributed by atoms with E-state index in [1.807, 2.05) is 26.0 Å². The van der Waals surface area contributed by atoms with Gasteiger partial charge in [0.25, 0.3) is 17.7 Å². The van der Waals surface area contributed by atoms with Crippen LogP contribution >= 0.6 is 0 Å². The highest BCUT2D eigenvalue weighted by Gasteiger charge is 2.39. The first-order valence-electron chi connectivity index (χ1n) is 9.43. The number of likely N-dealkylation sites (tertiary alicyclic amines) is 1. The van der Waals surface area contributed by atoms with Gasteiger partial charge in [-0.05, 0) is 62.1 Å². The zero-order valence-electron chi connectivity index (χ0n) is 16.1. The molecule has 29 heavy (non-hydrogen) atoms. The van der Waals surface area contributed by atoms with Gasteiger partial charge in [0.15, 0.2) is 0 Å². The Morgan fingerprint density at radius 2 is 1.72 bits per heavy atom. The summed E-state index contributed by atoms with van der Waals surface area (Å²) in [5, 5.41) is 9.32. The zero-order valence-corrected chi connectivity index (χ0v) is 16.1. The van der Waals surface area contributed by atoms with Gasteiger partial charge in [0, 0.05) is 12.1 Å². The van der Waals surface area contributed by atoms with Crippen LogP contribution in [0.4, 0.5) is 5.69 Å². The van der Waals surface area contributed by atoms with E-state index < -0.39 is 29.7 Å². The topological polar surface area (TPSA) is 95.0 Å². The molecule has 2 aliphatic rings. The SMILES string of the molecule is Cc1ccc(C)c(N2C(=O)c3ccc(C(=O)N4CCC[C@@H]4C(=O)O)cc3C2=O)c1. The van der Waals surface area contributed by atoms with E-state index >= 15 is 0 Å². The molecular weight excluding hydrogens is 372 g/mol. The van der Waals surface area contributed by atoms with E-state index in [1.54, 1.807) is 6.07 Å². The first-order valence-corrected chi connectivity index (χ1v) is 9.43. The molecule has 1 saturated heterocycles. The Kier molecular flexibility index (Phi) is 4.45. The minimum absolute atomic E-state index is 0.160. The van der Waals surface area contributed by atoms with Crippen LogP contribution in [0.25, 0.3) is 0 Å². The second kappa shape index (κ2) is 6.84. The number of carbonyl (C=O) groups is 4. The number of rotatable bonds is 3. The number of carboxylic acids is 1. The fourth-order valence-electron chi connectivity index (χ4n) is 3.99. The predicted molar refractivity (Wildman–Crippen MR) is 105 cm³/mol. The molecule has 1 fully saturated rings. The number of hydrogen-bond acceptors (Lipinski definition) is 4. The molecule has 148 valence electrons. The van der Waals surface area contributed by atoms with E-state index in [0.29, 0.717) is 25.1 Å². The van der Waals surface area contributed by atoms with Crippen LogP contribution in [0, 0.1) is 13.8 Å². The summed E-state index contributed by atoms with van der Waals surface area (Å²) in [6.45, 7) is 4.06. The van der Waals surface area contributed by atoms with Gasteiger partial charge in [-0.1, -0.05) is 12.1 Å². The van der Waals surface area contributed by atoms with Gasteiger partial charge in [-0.25, -0.2) is 9.69 Å². The maximum absolute atomic E-state index is 13.0. The maximum atomic E-state index is 13.0. The van der Waals surface area contributed by atoms with Gasteiger partial charge >= 0.3 is 5.97 Å². The van der Waals surface area contributed by atoms with Crippen molar-refractivity contribution in [3.63, 3.8) is 0 Å². The quantitative estimate of drug-likeness (QED) is 0.811. The number of carbonyl (C=O) groups excluding carboxylic acids is 3. The van der Waals surface area contributed by atoms with Crippen molar-refractivity contribution in [1.82, 2.24) is 4.90 Å². The predicted octanol–water partition coefficient (Wildman–Crippen LogP) is 2.79. The van der Waals surface area contributed by atoms with Crippen molar-refractivity contribution >= 4 is 29.4 Å². The smallest absolute Gasteiger partial charge is 0.326 e. The number of aryl methyl sites for hydroxylation is 2. The highest BCUT2D eigenvalue weighted by Crippen LogP contribution is 2.32. The van der Waals surface area contributed by atoms with Crippen LogP contribution in [0.5, 0.6) is 0 Å². The summed E-state index contributed by atoms with van der Waals surface area (Å²) in [6.07, 6.45) is 1.02. The molecule has 7 heteroatoms. The number of carboxylic acid groups (broad SMARTS) is 1. The van der Waals surface area contributed by atoms with Crippen molar-refractivity contribution in [2.24, 2.45) is 0 Å². The molecule has 2 aromatic rings. The number of benzene rings is 2. The van der Waals surface area contributed by atoms with E-state index in [2.05, 4.69) is 0 Å². The minimum Gasteiger partial charge on any atom is -0.480 e. The highest BCUT2D eigenvalue weighted by atomic mass is 16.4. The Morgan fingerprint density at radius 3 is 2.45 bits per heavy atom. The molecule has 0 spiro atoms. The molecule has 2 heterocycles. The van der Waals surface area contributed by atoms with Crippen molar-refractivity contribution in [1.29, 1.82) is 0 Å². The molecule has 0 saturated carbocycles. The largest absolute Gasteiger partial charge is 0.480 e. The number of aliphatic carboxylic acids is 1. The number of imide groups is 1. The van der Waals surface area contributed by atoms with Crippen LogP contribution in [0.1, 0.15) is 55.0 Å². The number of anilines is 1. The molecule has 2 aromatic carbocycles. The van der Waals surface area contributed by atoms with E-state index in [4.69, 9.17) is 0 Å². The lowest BCUT2D eigenvalue weighted by atomic mass is 10.0. The van der Waals surface area contributed by atoms with Crippen LogP contribution in [-0.2, 0) is 4.79 Å². The Balaban J connectivity index is 1.70. The van der Waals surface area contributed by atoms with Gasteiger partial charge < -0.3 is 10.0 Å². The Hall–Kier alpha value is -3.48. The molecule has 0 aliphatic carbocycles. The molecule has 7 nitrogen and oxygen atoms in total. The molecule has 1 N–H and O–H groups in total. The number of fused-ring (bicyclic) bond motifs is 1. The van der Waals surface area contributed by atoms with Crippen LogP contribution in [0.15, 0.2) is 36.4 Å². The van der Waals surface area contributed by atoms with E-state index in [-0.39, 0.29) is 16.7 Å². The van der Waals surface area contributed by atoms with Crippen LogP contribution in [0.2, 0.25) is 0 Å². The first kappa shape index (κ1) is 18.9. The summed E-state index contributed by atoms with van der Waals surface area (Å²) in [5.74, 6) is -2.39. The summed E-state index contributed by atoms with van der Waals surface area (Å²) in [7, 11) is 0. The zero-order chi connectivity index (χ0) is 20.9.